The number of amides is 2. The summed E-state index contributed by atoms with van der Waals surface area (Å²) in [5, 5.41) is 21.8. The zero-order valence-corrected chi connectivity index (χ0v) is 21.3. The number of nitrogens with one attached hydrogen (secondary N) is 1. The van der Waals surface area contributed by atoms with E-state index < -0.39 is 50.1 Å². The normalized spacial score (nSPS) is 30.6. The zero-order chi connectivity index (χ0) is 25.2. The number of carbonyl (C=O) groups is 2. The molecule has 35 heavy (non-hydrogen) atoms. The molecule has 12 heteroatoms. The lowest BCUT2D eigenvalue weighted by Crippen LogP contribution is -2.72. The van der Waals surface area contributed by atoms with Crippen molar-refractivity contribution in [1.29, 1.82) is 0 Å². The largest absolute Gasteiger partial charge is 0.391 e. The summed E-state index contributed by atoms with van der Waals surface area (Å²) in [6, 6.07) is -2.10. The van der Waals surface area contributed by atoms with Crippen LogP contribution in [0.15, 0.2) is 6.20 Å². The molecule has 1 spiro atoms. The van der Waals surface area contributed by atoms with Crippen molar-refractivity contribution < 1.29 is 27.9 Å². The minimum absolute atomic E-state index is 0.0373. The molecule has 2 N–H and O–H groups in total. The number of ether oxygens (including phenoxy) is 1. The van der Waals surface area contributed by atoms with Gasteiger partial charge in [0.25, 0.3) is 0 Å². The summed E-state index contributed by atoms with van der Waals surface area (Å²) in [4.78, 5) is 28.7. The lowest BCUT2D eigenvalue weighted by Gasteiger charge is -2.50. The number of hydrogen-bond donors (Lipinski definition) is 2. The summed E-state index contributed by atoms with van der Waals surface area (Å²) in [5.41, 5.74) is 0.352. The highest BCUT2D eigenvalue weighted by Crippen LogP contribution is 2.43. The third kappa shape index (κ3) is 4.27. The molecule has 0 aromatic carbocycles. The second-order valence-corrected chi connectivity index (χ2v) is 14.0. The Hall–Kier alpha value is -2.05. The standard InChI is InChI=1S/C23H35N5O6S/c1-22(2,3)19(28-12-16(25-26-28)14-4-5-14)21(31)27-11-15(29)10-17(27)20(30)24-18-13-35(32,33)23(18)6-8-34-9-7-23/h12,14-15,17-19,29H,4-11,13H2,1-3H3,(H,24,30)/t15-,17+,18?,19+/m1/s1. The molecular weight excluding hydrogens is 474 g/mol. The third-order valence-electron chi connectivity index (χ3n) is 8.00. The quantitative estimate of drug-likeness (QED) is 0.572. The molecule has 0 bridgehead atoms. The topological polar surface area (TPSA) is 144 Å². The Balaban J connectivity index is 1.35. The van der Waals surface area contributed by atoms with Crippen molar-refractivity contribution in [2.24, 2.45) is 5.41 Å². The second-order valence-electron chi connectivity index (χ2n) is 11.6. The smallest absolute Gasteiger partial charge is 0.248 e. The van der Waals surface area contributed by atoms with Gasteiger partial charge in [-0.1, -0.05) is 26.0 Å². The Bertz CT molecular complexity index is 1100. The van der Waals surface area contributed by atoms with Crippen molar-refractivity contribution in [2.75, 3.05) is 25.5 Å². The number of rotatable bonds is 5. The van der Waals surface area contributed by atoms with E-state index in [4.69, 9.17) is 4.74 Å². The fourth-order valence-corrected chi connectivity index (χ4v) is 8.04. The molecule has 1 saturated carbocycles. The SMILES string of the molecule is CC(C)(C)[C@H](C(=O)N1C[C@H](O)C[C@H]1C(=O)NC1CS(=O)(=O)C12CCOCC2)n1cc(C2CC2)nn1. The van der Waals surface area contributed by atoms with Crippen LogP contribution in [0, 0.1) is 5.41 Å². The van der Waals surface area contributed by atoms with Crippen LogP contribution < -0.4 is 5.32 Å². The number of carbonyl (C=O) groups excluding carboxylic acids is 2. The molecule has 4 atom stereocenters. The van der Waals surface area contributed by atoms with Crippen LogP contribution in [0.1, 0.15) is 70.5 Å². The molecule has 3 saturated heterocycles. The Morgan fingerprint density at radius 1 is 1.26 bits per heavy atom. The van der Waals surface area contributed by atoms with E-state index in [1.165, 1.54) is 4.90 Å². The number of sulfone groups is 1. The van der Waals surface area contributed by atoms with Gasteiger partial charge in [0.2, 0.25) is 11.8 Å². The van der Waals surface area contributed by atoms with Crippen LogP contribution in [0.2, 0.25) is 0 Å². The molecule has 4 heterocycles. The maximum Gasteiger partial charge on any atom is 0.248 e. The van der Waals surface area contributed by atoms with E-state index in [1.54, 1.807) is 4.68 Å². The van der Waals surface area contributed by atoms with E-state index in [0.717, 1.165) is 18.5 Å². The van der Waals surface area contributed by atoms with Crippen LogP contribution in [0.25, 0.3) is 0 Å². The van der Waals surface area contributed by atoms with Gasteiger partial charge in [-0.3, -0.25) is 9.59 Å². The molecule has 3 aliphatic heterocycles. The van der Waals surface area contributed by atoms with Crippen molar-refractivity contribution in [3.63, 3.8) is 0 Å². The predicted octanol–water partition coefficient (Wildman–Crippen LogP) is 0.167. The lowest BCUT2D eigenvalue weighted by atomic mass is 9.85. The van der Waals surface area contributed by atoms with Crippen LogP contribution in [0.5, 0.6) is 0 Å². The molecular formula is C23H35N5O6S. The molecule has 1 aliphatic carbocycles. The van der Waals surface area contributed by atoms with E-state index in [-0.39, 0.29) is 24.6 Å². The Kier molecular flexibility index (Phi) is 5.99. The number of β-amino-alcohol motifs (C(OH)–C–C–N with tert-alkyl or cyclic N) is 1. The van der Waals surface area contributed by atoms with Crippen LogP contribution in [0.3, 0.4) is 0 Å². The average molecular weight is 510 g/mol. The summed E-state index contributed by atoms with van der Waals surface area (Å²) in [6.45, 7) is 6.52. The van der Waals surface area contributed by atoms with E-state index >= 15 is 0 Å². The Labute approximate surface area is 205 Å². The predicted molar refractivity (Wildman–Crippen MR) is 125 cm³/mol. The van der Waals surface area contributed by atoms with Crippen LogP contribution in [0.4, 0.5) is 0 Å². The number of aliphatic hydroxyl groups is 1. The molecule has 0 radical (unpaired) electrons. The molecule has 5 rings (SSSR count). The van der Waals surface area contributed by atoms with E-state index in [9.17, 15) is 23.1 Å². The lowest BCUT2D eigenvalue weighted by molar-refractivity contribution is -0.144. The maximum absolute atomic E-state index is 13.8. The zero-order valence-electron chi connectivity index (χ0n) is 20.5. The molecule has 194 valence electrons. The summed E-state index contributed by atoms with van der Waals surface area (Å²) in [6.07, 6.45) is 3.91. The van der Waals surface area contributed by atoms with Crippen molar-refractivity contribution >= 4 is 21.7 Å². The number of aromatic nitrogens is 3. The molecule has 4 aliphatic rings. The highest BCUT2D eigenvalue weighted by Gasteiger charge is 2.61. The van der Waals surface area contributed by atoms with E-state index in [1.807, 2.05) is 27.0 Å². The van der Waals surface area contributed by atoms with Gasteiger partial charge in [-0.05, 0) is 31.1 Å². The van der Waals surface area contributed by atoms with Gasteiger partial charge in [0.1, 0.15) is 12.1 Å². The van der Waals surface area contributed by atoms with Gasteiger partial charge < -0.3 is 20.1 Å². The van der Waals surface area contributed by atoms with Crippen molar-refractivity contribution in [2.45, 2.75) is 87.8 Å². The molecule has 11 nitrogen and oxygen atoms in total. The van der Waals surface area contributed by atoms with Crippen LogP contribution in [-0.2, 0) is 24.2 Å². The van der Waals surface area contributed by atoms with Gasteiger partial charge in [0.05, 0.1) is 28.3 Å². The Morgan fingerprint density at radius 2 is 1.94 bits per heavy atom. The van der Waals surface area contributed by atoms with Gasteiger partial charge in [0.15, 0.2) is 9.84 Å². The maximum atomic E-state index is 13.8. The van der Waals surface area contributed by atoms with E-state index in [0.29, 0.717) is 32.0 Å². The summed E-state index contributed by atoms with van der Waals surface area (Å²) in [5.74, 6) is -0.452. The minimum Gasteiger partial charge on any atom is -0.391 e. The summed E-state index contributed by atoms with van der Waals surface area (Å²) < 4.78 is 31.2. The van der Waals surface area contributed by atoms with Crippen LogP contribution >= 0.6 is 0 Å². The average Bonchev–Trinajstić information content (AvgIpc) is 3.40. The van der Waals surface area contributed by atoms with Gasteiger partial charge in [-0.2, -0.15) is 0 Å². The first-order chi connectivity index (χ1) is 16.4. The fraction of sp³-hybridized carbons (Fsp3) is 0.826. The van der Waals surface area contributed by atoms with Gasteiger partial charge in [-0.15, -0.1) is 5.10 Å². The fourth-order valence-electron chi connectivity index (χ4n) is 5.80. The first-order valence-electron chi connectivity index (χ1n) is 12.4. The van der Waals surface area contributed by atoms with Gasteiger partial charge >= 0.3 is 0 Å². The van der Waals surface area contributed by atoms with Gasteiger partial charge in [0, 0.05) is 38.3 Å². The summed E-state index contributed by atoms with van der Waals surface area (Å²) >= 11 is 0. The van der Waals surface area contributed by atoms with Crippen molar-refractivity contribution in [3.05, 3.63) is 11.9 Å². The number of nitrogens with zero attached hydrogens (tertiary/aromatic N) is 4. The molecule has 2 amide bonds. The highest BCUT2D eigenvalue weighted by atomic mass is 32.2. The Morgan fingerprint density at radius 3 is 2.54 bits per heavy atom. The first kappa shape index (κ1) is 24.6. The summed E-state index contributed by atoms with van der Waals surface area (Å²) in [7, 11) is -3.32. The third-order valence-corrected chi connectivity index (χ3v) is 10.7. The molecule has 1 unspecified atom stereocenters. The molecule has 1 aromatic heterocycles. The van der Waals surface area contributed by atoms with Crippen LogP contribution in [-0.4, -0.2) is 93.7 Å². The highest BCUT2D eigenvalue weighted by molar-refractivity contribution is 7.94. The van der Waals surface area contributed by atoms with Gasteiger partial charge in [-0.25, -0.2) is 13.1 Å². The van der Waals surface area contributed by atoms with E-state index in [2.05, 4.69) is 15.6 Å². The second kappa shape index (κ2) is 8.52. The first-order valence-corrected chi connectivity index (χ1v) is 14.1. The minimum atomic E-state index is -3.32. The van der Waals surface area contributed by atoms with Crippen molar-refractivity contribution in [3.8, 4) is 0 Å². The number of likely N-dealkylation sites (tertiary alicyclic amines) is 1. The monoisotopic (exact) mass is 509 g/mol. The number of aliphatic hydroxyl groups excluding tert-OH is 1. The molecule has 4 fully saturated rings. The molecule has 1 aromatic rings. The van der Waals surface area contributed by atoms with Crippen molar-refractivity contribution in [1.82, 2.24) is 25.2 Å². The number of hydrogen-bond acceptors (Lipinski definition) is 8.